The Kier molecular flexibility index (Phi) is 13.9. The van der Waals surface area contributed by atoms with Gasteiger partial charge in [-0.2, -0.15) is 10.2 Å². The van der Waals surface area contributed by atoms with Crippen molar-refractivity contribution in [1.82, 2.24) is 20.4 Å². The molecule has 146 valence electrons. The molecule has 2 heterocycles. The van der Waals surface area contributed by atoms with E-state index in [9.17, 15) is 14.4 Å². The molecule has 0 aromatic carbocycles. The van der Waals surface area contributed by atoms with Gasteiger partial charge >= 0.3 is 0 Å². The summed E-state index contributed by atoms with van der Waals surface area (Å²) >= 11 is 5.70. The molecule has 0 spiro atoms. The zero-order valence-corrected chi connectivity index (χ0v) is 17.5. The van der Waals surface area contributed by atoms with Gasteiger partial charge in [-0.1, -0.05) is 11.6 Å². The molecule has 0 fully saturated rings. The first-order chi connectivity index (χ1) is 11.9. The van der Waals surface area contributed by atoms with Crippen LogP contribution in [0.5, 0.6) is 0 Å². The molecule has 26 heavy (non-hydrogen) atoms. The van der Waals surface area contributed by atoms with Crippen molar-refractivity contribution in [3.05, 3.63) is 33.9 Å². The second-order valence-corrected chi connectivity index (χ2v) is 6.31. The first kappa shape index (κ1) is 26.0. The van der Waals surface area contributed by atoms with Gasteiger partial charge in [-0.25, -0.2) is 0 Å². The number of hydrogen-bond donors (Lipinski definition) is 2. The number of aryl methyl sites for hydroxylation is 4. The minimum atomic E-state index is -0.0625. The van der Waals surface area contributed by atoms with Gasteiger partial charge in [-0.05, 0) is 61.5 Å². The van der Waals surface area contributed by atoms with E-state index < -0.39 is 0 Å². The Labute approximate surface area is 159 Å². The average molecular weight is 385 g/mol. The van der Waals surface area contributed by atoms with Crippen LogP contribution in [0.15, 0.2) is 6.07 Å². The van der Waals surface area contributed by atoms with E-state index in [1.165, 1.54) is 27.7 Å². The van der Waals surface area contributed by atoms with Gasteiger partial charge in [0, 0.05) is 5.69 Å². The zero-order valence-electron chi connectivity index (χ0n) is 16.8. The number of aromatic amines is 2. The maximum atomic E-state index is 10.0. The van der Waals surface area contributed by atoms with Crippen molar-refractivity contribution in [2.45, 2.75) is 61.8 Å². The molecule has 0 aliphatic heterocycles. The number of Topliss-reactive ketones (excluding diaryl/α,β-unsaturated/α-hetero) is 3. The molecule has 0 bridgehead atoms. The van der Waals surface area contributed by atoms with E-state index in [0.717, 1.165) is 27.8 Å². The number of aromatic nitrogens is 4. The van der Waals surface area contributed by atoms with Crippen LogP contribution in [-0.4, -0.2) is 37.7 Å². The lowest BCUT2D eigenvalue weighted by Gasteiger charge is -1.81. The van der Waals surface area contributed by atoms with Crippen molar-refractivity contribution in [3.63, 3.8) is 0 Å². The summed E-state index contributed by atoms with van der Waals surface area (Å²) in [6, 6.07) is 2.00. The highest BCUT2D eigenvalue weighted by Gasteiger charge is 1.99. The minimum Gasteiger partial charge on any atom is -0.300 e. The maximum Gasteiger partial charge on any atom is 0.137 e. The van der Waals surface area contributed by atoms with Crippen LogP contribution in [0, 0.1) is 27.7 Å². The Bertz CT molecular complexity index is 653. The van der Waals surface area contributed by atoms with Crippen LogP contribution in [0.4, 0.5) is 0 Å². The lowest BCUT2D eigenvalue weighted by molar-refractivity contribution is -0.124. The summed E-state index contributed by atoms with van der Waals surface area (Å²) < 4.78 is 0. The summed E-state index contributed by atoms with van der Waals surface area (Å²) in [6.07, 6.45) is 0.0833. The summed E-state index contributed by atoms with van der Waals surface area (Å²) in [7, 11) is 0. The molecule has 2 aromatic rings. The smallest absolute Gasteiger partial charge is 0.137 e. The molecule has 0 saturated carbocycles. The first-order valence-corrected chi connectivity index (χ1v) is 8.36. The monoisotopic (exact) mass is 384 g/mol. The van der Waals surface area contributed by atoms with Gasteiger partial charge in [0.15, 0.2) is 0 Å². The van der Waals surface area contributed by atoms with Gasteiger partial charge in [-0.15, -0.1) is 0 Å². The Hall–Kier alpha value is -2.28. The summed E-state index contributed by atoms with van der Waals surface area (Å²) in [5, 5.41) is 14.1. The zero-order chi connectivity index (χ0) is 20.9. The lowest BCUT2D eigenvalue weighted by Crippen LogP contribution is -1.97. The predicted octanol–water partition coefficient (Wildman–Crippen LogP) is 3.86. The number of nitrogens with one attached hydrogen (secondary N) is 2. The summed E-state index contributed by atoms with van der Waals surface area (Å²) in [5.41, 5.74) is 3.98. The maximum absolute atomic E-state index is 10.0. The molecule has 2 N–H and O–H groups in total. The van der Waals surface area contributed by atoms with Crippen molar-refractivity contribution in [1.29, 1.82) is 0 Å². The lowest BCUT2D eigenvalue weighted by atomic mass is 10.2. The van der Waals surface area contributed by atoms with E-state index in [4.69, 9.17) is 11.6 Å². The third kappa shape index (κ3) is 16.6. The molecule has 0 amide bonds. The van der Waals surface area contributed by atoms with Crippen molar-refractivity contribution in [2.24, 2.45) is 0 Å². The van der Waals surface area contributed by atoms with E-state index in [2.05, 4.69) is 20.4 Å². The number of nitrogens with zero attached hydrogens (tertiary/aromatic N) is 2. The number of H-pyrrole nitrogens is 2. The van der Waals surface area contributed by atoms with Gasteiger partial charge in [0.2, 0.25) is 0 Å². The third-order valence-electron chi connectivity index (χ3n) is 2.37. The van der Waals surface area contributed by atoms with Crippen molar-refractivity contribution < 1.29 is 14.4 Å². The summed E-state index contributed by atoms with van der Waals surface area (Å²) in [5.74, 6) is 0.0417. The SMILES string of the molecule is CC(=O)CC(C)=O.CC(C)=O.Cc1cc(C)[nH]n1.Cc1n[nH]c(C)c1Cl. The van der Waals surface area contributed by atoms with Gasteiger partial charge in [-0.3, -0.25) is 19.8 Å². The number of carbonyl (C=O) groups is 3. The fraction of sp³-hybridized carbons (Fsp3) is 0.500. The topological polar surface area (TPSA) is 109 Å². The number of carbonyl (C=O) groups excluding carboxylic acids is 3. The molecule has 0 aliphatic rings. The predicted molar refractivity (Wildman–Crippen MR) is 103 cm³/mol. The number of rotatable bonds is 2. The molecule has 7 nitrogen and oxygen atoms in total. The molecule has 8 heteroatoms. The third-order valence-corrected chi connectivity index (χ3v) is 2.93. The van der Waals surface area contributed by atoms with Gasteiger partial charge in [0.1, 0.15) is 17.3 Å². The second-order valence-electron chi connectivity index (χ2n) is 5.93. The molecule has 0 atom stereocenters. The Morgan fingerprint density at radius 1 is 0.923 bits per heavy atom. The Balaban J connectivity index is 0. The molecule has 0 saturated heterocycles. The van der Waals surface area contributed by atoms with Crippen LogP contribution in [0.2, 0.25) is 5.02 Å². The normalized spacial score (nSPS) is 8.81. The average Bonchev–Trinajstić information content (AvgIpc) is 2.98. The summed E-state index contributed by atoms with van der Waals surface area (Å²) in [6.45, 7) is 13.6. The molecule has 0 unspecified atom stereocenters. The van der Waals surface area contributed by atoms with Crippen LogP contribution in [0.1, 0.15) is 56.9 Å². The molecule has 0 aliphatic carbocycles. The molecule has 2 aromatic heterocycles. The highest BCUT2D eigenvalue weighted by Crippen LogP contribution is 2.14. The largest absolute Gasteiger partial charge is 0.300 e. The van der Waals surface area contributed by atoms with E-state index in [0.29, 0.717) is 0 Å². The quantitative estimate of drug-likeness (QED) is 0.764. The number of hydrogen-bond acceptors (Lipinski definition) is 5. The molecular formula is C18H29ClN4O3. The van der Waals surface area contributed by atoms with Gasteiger partial charge in [0.05, 0.1) is 28.5 Å². The molecule has 2 rings (SSSR count). The van der Waals surface area contributed by atoms with E-state index >= 15 is 0 Å². The van der Waals surface area contributed by atoms with Crippen LogP contribution >= 0.6 is 11.6 Å². The standard InChI is InChI=1S/C5H7ClN2.C5H8N2.C5H8O2.C3H6O/c1-3-5(6)4(2)8-7-3;1-4-3-5(2)7-6-4;1-4(6)3-5(2)7;1-3(2)4/h1-2H3,(H,7,8);3H,1-2H3,(H,6,7);3H2,1-2H3;1-2H3. The Morgan fingerprint density at radius 3 is 1.46 bits per heavy atom. The van der Waals surface area contributed by atoms with E-state index in [-0.39, 0.29) is 23.8 Å². The van der Waals surface area contributed by atoms with Crippen LogP contribution in [0.3, 0.4) is 0 Å². The second kappa shape index (κ2) is 13.9. The van der Waals surface area contributed by atoms with Gasteiger partial charge in [0.25, 0.3) is 0 Å². The van der Waals surface area contributed by atoms with Crippen molar-refractivity contribution in [3.8, 4) is 0 Å². The minimum absolute atomic E-state index is 0.0625. The fourth-order valence-electron chi connectivity index (χ4n) is 1.44. The first-order valence-electron chi connectivity index (χ1n) is 7.98. The fourth-order valence-corrected chi connectivity index (χ4v) is 1.53. The van der Waals surface area contributed by atoms with Crippen LogP contribution in [-0.2, 0) is 14.4 Å². The van der Waals surface area contributed by atoms with Crippen molar-refractivity contribution in [2.75, 3.05) is 0 Å². The summed E-state index contributed by atoms with van der Waals surface area (Å²) in [4.78, 5) is 29.5. The number of halogens is 1. The van der Waals surface area contributed by atoms with E-state index in [1.54, 1.807) is 0 Å². The van der Waals surface area contributed by atoms with Gasteiger partial charge < -0.3 is 4.79 Å². The van der Waals surface area contributed by atoms with Crippen LogP contribution < -0.4 is 0 Å². The van der Waals surface area contributed by atoms with Crippen LogP contribution in [0.25, 0.3) is 0 Å². The van der Waals surface area contributed by atoms with E-state index in [1.807, 2.05) is 33.8 Å². The Morgan fingerprint density at radius 2 is 1.38 bits per heavy atom. The highest BCUT2D eigenvalue weighted by molar-refractivity contribution is 6.31. The molecular weight excluding hydrogens is 356 g/mol. The highest BCUT2D eigenvalue weighted by atomic mass is 35.5. The van der Waals surface area contributed by atoms with Crippen molar-refractivity contribution >= 4 is 29.0 Å². The number of ketones is 3. The molecule has 0 radical (unpaired) electrons.